The van der Waals surface area contributed by atoms with Gasteiger partial charge in [0.1, 0.15) is 0 Å². The van der Waals surface area contributed by atoms with Gasteiger partial charge in [-0.25, -0.2) is 0 Å². The molecule has 2 N–H and O–H groups in total. The number of benzene rings is 1. The largest absolute Gasteiger partial charge is 0.343 e. The number of carbonyl (C=O) groups excluding carboxylic acids is 1. The van der Waals surface area contributed by atoms with Crippen molar-refractivity contribution in [3.63, 3.8) is 0 Å². The van der Waals surface area contributed by atoms with E-state index in [2.05, 4.69) is 38.1 Å². The van der Waals surface area contributed by atoms with Crippen LogP contribution in [0.3, 0.4) is 0 Å². The number of halogens is 1. The first-order valence-electron chi connectivity index (χ1n) is 6.06. The standard InChI is InChI=1S/C14H22N2O.ClH/c1-11-4-6-13(7-5-11)10-12(2)16(3)14(17)8-9-15;/h4-7,12H,8-10,15H2,1-3H3;1H. The molecule has 1 unspecified atom stereocenters. The minimum Gasteiger partial charge on any atom is -0.343 e. The van der Waals surface area contributed by atoms with E-state index in [4.69, 9.17) is 5.73 Å². The summed E-state index contributed by atoms with van der Waals surface area (Å²) in [5.74, 6) is 0.118. The van der Waals surface area contributed by atoms with E-state index >= 15 is 0 Å². The maximum atomic E-state index is 11.7. The maximum Gasteiger partial charge on any atom is 0.223 e. The fourth-order valence-corrected chi connectivity index (χ4v) is 1.75. The fourth-order valence-electron chi connectivity index (χ4n) is 1.75. The van der Waals surface area contributed by atoms with Gasteiger partial charge in [-0.1, -0.05) is 29.8 Å². The molecule has 0 aromatic heterocycles. The van der Waals surface area contributed by atoms with Crippen molar-refractivity contribution >= 4 is 18.3 Å². The lowest BCUT2D eigenvalue weighted by atomic mass is 10.0. The number of rotatable bonds is 5. The molecule has 1 amide bonds. The highest BCUT2D eigenvalue weighted by Crippen LogP contribution is 2.09. The van der Waals surface area contributed by atoms with Gasteiger partial charge in [-0.3, -0.25) is 4.79 Å². The molecule has 18 heavy (non-hydrogen) atoms. The number of nitrogens with two attached hydrogens (primary N) is 1. The van der Waals surface area contributed by atoms with E-state index in [1.165, 1.54) is 11.1 Å². The highest BCUT2D eigenvalue weighted by molar-refractivity contribution is 5.85. The number of amides is 1. The third-order valence-corrected chi connectivity index (χ3v) is 3.06. The molecule has 0 saturated carbocycles. The minimum absolute atomic E-state index is 0. The lowest BCUT2D eigenvalue weighted by molar-refractivity contribution is -0.131. The van der Waals surface area contributed by atoms with Crippen LogP contribution in [0, 0.1) is 6.92 Å². The molecule has 0 spiro atoms. The molecule has 0 aliphatic carbocycles. The Bertz CT molecular complexity index is 365. The maximum absolute atomic E-state index is 11.7. The number of carbonyl (C=O) groups is 1. The van der Waals surface area contributed by atoms with Crippen molar-refractivity contribution in [3.8, 4) is 0 Å². The molecule has 0 saturated heterocycles. The summed E-state index contributed by atoms with van der Waals surface area (Å²) in [5, 5.41) is 0. The molecule has 4 heteroatoms. The van der Waals surface area contributed by atoms with Gasteiger partial charge in [0, 0.05) is 26.1 Å². The third-order valence-electron chi connectivity index (χ3n) is 3.06. The van der Waals surface area contributed by atoms with Gasteiger partial charge in [-0.05, 0) is 25.8 Å². The predicted octanol–water partition coefficient (Wildman–Crippen LogP) is 2.16. The quantitative estimate of drug-likeness (QED) is 0.891. The number of nitrogens with zero attached hydrogens (tertiary/aromatic N) is 1. The van der Waals surface area contributed by atoms with Crippen LogP contribution in [-0.2, 0) is 11.2 Å². The highest BCUT2D eigenvalue weighted by atomic mass is 35.5. The third kappa shape index (κ3) is 5.07. The molecule has 1 rings (SSSR count). The van der Waals surface area contributed by atoms with Crippen molar-refractivity contribution < 1.29 is 4.79 Å². The molecule has 1 aromatic rings. The Labute approximate surface area is 116 Å². The molecule has 0 bridgehead atoms. The number of likely N-dealkylation sites (N-methyl/N-ethyl adjacent to an activating group) is 1. The van der Waals surface area contributed by atoms with Gasteiger partial charge in [0.15, 0.2) is 0 Å². The van der Waals surface area contributed by atoms with Gasteiger partial charge >= 0.3 is 0 Å². The summed E-state index contributed by atoms with van der Waals surface area (Å²) in [6.45, 7) is 4.55. The lowest BCUT2D eigenvalue weighted by Gasteiger charge is -2.25. The van der Waals surface area contributed by atoms with E-state index in [0.29, 0.717) is 13.0 Å². The van der Waals surface area contributed by atoms with Crippen LogP contribution in [0.15, 0.2) is 24.3 Å². The first kappa shape index (κ1) is 16.9. The van der Waals surface area contributed by atoms with E-state index in [0.717, 1.165) is 6.42 Å². The summed E-state index contributed by atoms with van der Waals surface area (Å²) in [7, 11) is 1.84. The van der Waals surface area contributed by atoms with Crippen molar-refractivity contribution in [1.82, 2.24) is 4.90 Å². The molecule has 102 valence electrons. The van der Waals surface area contributed by atoms with Gasteiger partial charge in [-0.15, -0.1) is 12.4 Å². The topological polar surface area (TPSA) is 46.3 Å². The molecule has 3 nitrogen and oxygen atoms in total. The molecule has 1 aromatic carbocycles. The van der Waals surface area contributed by atoms with Crippen molar-refractivity contribution in [2.24, 2.45) is 5.73 Å². The normalized spacial score (nSPS) is 11.6. The Balaban J connectivity index is 0.00000289. The summed E-state index contributed by atoms with van der Waals surface area (Å²) in [6.07, 6.45) is 1.31. The van der Waals surface area contributed by atoms with E-state index in [-0.39, 0.29) is 24.4 Å². The van der Waals surface area contributed by atoms with E-state index in [9.17, 15) is 4.79 Å². The molecule has 0 heterocycles. The van der Waals surface area contributed by atoms with Crippen LogP contribution < -0.4 is 5.73 Å². The van der Waals surface area contributed by atoms with Crippen LogP contribution in [0.2, 0.25) is 0 Å². The first-order valence-corrected chi connectivity index (χ1v) is 6.06. The average Bonchev–Trinajstić information content (AvgIpc) is 2.31. The zero-order valence-corrected chi connectivity index (χ0v) is 12.2. The van der Waals surface area contributed by atoms with E-state index in [1.54, 1.807) is 4.90 Å². The van der Waals surface area contributed by atoms with Crippen LogP contribution in [0.5, 0.6) is 0 Å². The highest BCUT2D eigenvalue weighted by Gasteiger charge is 2.14. The minimum atomic E-state index is 0. The van der Waals surface area contributed by atoms with E-state index in [1.807, 2.05) is 7.05 Å². The molecule has 0 radical (unpaired) electrons. The number of aryl methyl sites for hydroxylation is 1. The van der Waals surface area contributed by atoms with Crippen LogP contribution >= 0.6 is 12.4 Å². The molecular formula is C14H23ClN2O. The first-order chi connectivity index (χ1) is 8.04. The Kier molecular flexibility index (Phi) is 7.64. The zero-order valence-electron chi connectivity index (χ0n) is 11.3. The summed E-state index contributed by atoms with van der Waals surface area (Å²) in [4.78, 5) is 13.5. The summed E-state index contributed by atoms with van der Waals surface area (Å²) in [5.41, 5.74) is 7.91. The predicted molar refractivity (Wildman–Crippen MR) is 78.0 cm³/mol. The van der Waals surface area contributed by atoms with Crippen molar-refractivity contribution in [2.75, 3.05) is 13.6 Å². The zero-order chi connectivity index (χ0) is 12.8. The second-order valence-corrected chi connectivity index (χ2v) is 4.58. The van der Waals surface area contributed by atoms with Crippen LogP contribution in [0.1, 0.15) is 24.5 Å². The smallest absolute Gasteiger partial charge is 0.223 e. The number of hydrogen-bond acceptors (Lipinski definition) is 2. The monoisotopic (exact) mass is 270 g/mol. The molecular weight excluding hydrogens is 248 g/mol. The Morgan fingerprint density at radius 2 is 1.89 bits per heavy atom. The average molecular weight is 271 g/mol. The van der Waals surface area contributed by atoms with Gasteiger partial charge in [0.25, 0.3) is 0 Å². The molecule has 0 aliphatic rings. The van der Waals surface area contributed by atoms with Crippen molar-refractivity contribution in [2.45, 2.75) is 32.7 Å². The molecule has 0 aliphatic heterocycles. The Morgan fingerprint density at radius 3 is 2.39 bits per heavy atom. The molecule has 0 fully saturated rings. The number of hydrogen-bond donors (Lipinski definition) is 1. The Hall–Kier alpha value is -1.06. The second-order valence-electron chi connectivity index (χ2n) is 4.58. The Morgan fingerprint density at radius 1 is 1.33 bits per heavy atom. The van der Waals surface area contributed by atoms with Crippen molar-refractivity contribution in [1.29, 1.82) is 0 Å². The van der Waals surface area contributed by atoms with Crippen molar-refractivity contribution in [3.05, 3.63) is 35.4 Å². The summed E-state index contributed by atoms with van der Waals surface area (Å²) < 4.78 is 0. The summed E-state index contributed by atoms with van der Waals surface area (Å²) >= 11 is 0. The van der Waals surface area contributed by atoms with E-state index < -0.39 is 0 Å². The van der Waals surface area contributed by atoms with Crippen LogP contribution in [0.4, 0.5) is 0 Å². The SMILES string of the molecule is Cc1ccc(CC(C)N(C)C(=O)CCN)cc1.Cl. The second kappa shape index (κ2) is 8.11. The lowest BCUT2D eigenvalue weighted by Crippen LogP contribution is -2.37. The summed E-state index contributed by atoms with van der Waals surface area (Å²) in [6, 6.07) is 8.64. The van der Waals surface area contributed by atoms with Gasteiger partial charge in [-0.2, -0.15) is 0 Å². The molecule has 1 atom stereocenters. The van der Waals surface area contributed by atoms with Crippen LogP contribution in [0.25, 0.3) is 0 Å². The van der Waals surface area contributed by atoms with Gasteiger partial charge in [0.2, 0.25) is 5.91 Å². The van der Waals surface area contributed by atoms with Gasteiger partial charge < -0.3 is 10.6 Å². The van der Waals surface area contributed by atoms with Crippen LogP contribution in [-0.4, -0.2) is 30.4 Å². The van der Waals surface area contributed by atoms with Gasteiger partial charge in [0.05, 0.1) is 0 Å². The fraction of sp³-hybridized carbons (Fsp3) is 0.500.